The molecular weight excluding hydrogens is 248 g/mol. The number of carbonyl (C=O) groups excluding carboxylic acids is 1. The van der Waals surface area contributed by atoms with Gasteiger partial charge in [-0.25, -0.2) is 0 Å². The van der Waals surface area contributed by atoms with Gasteiger partial charge in [-0.05, 0) is 31.2 Å². The van der Waals surface area contributed by atoms with Crippen LogP contribution in [0, 0.1) is 6.92 Å². The lowest BCUT2D eigenvalue weighted by Crippen LogP contribution is -2.17. The van der Waals surface area contributed by atoms with Crippen LogP contribution < -0.4 is 5.32 Å². The van der Waals surface area contributed by atoms with E-state index in [0.29, 0.717) is 18.4 Å². The Morgan fingerprint density at radius 3 is 3.06 bits per heavy atom. The normalized spacial score (nSPS) is 14.7. The van der Waals surface area contributed by atoms with E-state index < -0.39 is 0 Å². The first-order chi connectivity index (χ1) is 8.74. The third-order valence-electron chi connectivity index (χ3n) is 2.94. The van der Waals surface area contributed by atoms with Gasteiger partial charge in [0.05, 0.1) is 6.42 Å². The fraction of sp³-hybridized carbons (Fsp3) is 0.417. The quantitative estimate of drug-likeness (QED) is 0.918. The Balaban J connectivity index is 1.70. The third kappa shape index (κ3) is 2.28. The fourth-order valence-electron chi connectivity index (χ4n) is 1.96. The van der Waals surface area contributed by atoms with Crippen LogP contribution in [0.3, 0.4) is 0 Å². The molecule has 0 aliphatic heterocycles. The minimum absolute atomic E-state index is 0.0354. The summed E-state index contributed by atoms with van der Waals surface area (Å²) >= 11 is 1.59. The molecule has 0 atom stereocenters. The number of rotatable bonds is 4. The SMILES string of the molecule is Cc1nnc(NC(=O)Cc2cccs2)n1C1CC1. The molecule has 1 saturated carbocycles. The van der Waals surface area contributed by atoms with E-state index in [1.807, 2.05) is 29.0 Å². The van der Waals surface area contributed by atoms with Gasteiger partial charge in [0, 0.05) is 10.9 Å². The lowest BCUT2D eigenvalue weighted by Gasteiger charge is -2.07. The summed E-state index contributed by atoms with van der Waals surface area (Å²) in [5.41, 5.74) is 0. The Morgan fingerprint density at radius 2 is 2.39 bits per heavy atom. The molecule has 0 radical (unpaired) electrons. The first kappa shape index (κ1) is 11.4. The van der Waals surface area contributed by atoms with Gasteiger partial charge in [-0.2, -0.15) is 0 Å². The molecule has 18 heavy (non-hydrogen) atoms. The molecule has 2 aromatic heterocycles. The van der Waals surface area contributed by atoms with E-state index in [1.165, 1.54) is 0 Å². The van der Waals surface area contributed by atoms with Gasteiger partial charge in [0.2, 0.25) is 11.9 Å². The van der Waals surface area contributed by atoms with E-state index in [-0.39, 0.29) is 5.91 Å². The Bertz CT molecular complexity index is 557. The zero-order valence-electron chi connectivity index (χ0n) is 10.1. The number of thiophene rings is 1. The van der Waals surface area contributed by atoms with Crippen molar-refractivity contribution < 1.29 is 4.79 Å². The fourth-order valence-corrected chi connectivity index (χ4v) is 2.67. The van der Waals surface area contributed by atoms with E-state index in [9.17, 15) is 4.79 Å². The molecule has 2 aromatic rings. The van der Waals surface area contributed by atoms with Gasteiger partial charge in [0.25, 0.3) is 0 Å². The topological polar surface area (TPSA) is 59.8 Å². The Morgan fingerprint density at radius 1 is 1.56 bits per heavy atom. The third-order valence-corrected chi connectivity index (χ3v) is 3.82. The van der Waals surface area contributed by atoms with E-state index in [0.717, 1.165) is 23.5 Å². The van der Waals surface area contributed by atoms with Gasteiger partial charge in [0.15, 0.2) is 0 Å². The summed E-state index contributed by atoms with van der Waals surface area (Å²) < 4.78 is 2.02. The largest absolute Gasteiger partial charge is 0.294 e. The molecule has 1 fully saturated rings. The molecule has 2 heterocycles. The number of carbonyl (C=O) groups is 1. The predicted molar refractivity (Wildman–Crippen MR) is 69.7 cm³/mol. The highest BCUT2D eigenvalue weighted by Crippen LogP contribution is 2.37. The molecule has 94 valence electrons. The smallest absolute Gasteiger partial charge is 0.231 e. The van der Waals surface area contributed by atoms with Crippen molar-refractivity contribution in [1.82, 2.24) is 14.8 Å². The standard InChI is InChI=1S/C12H14N4OS/c1-8-14-15-12(16(8)9-4-5-9)13-11(17)7-10-3-2-6-18-10/h2-3,6,9H,4-5,7H2,1H3,(H,13,15,17). The van der Waals surface area contributed by atoms with Gasteiger partial charge >= 0.3 is 0 Å². The molecule has 3 rings (SSSR count). The Labute approximate surface area is 109 Å². The van der Waals surface area contributed by atoms with Crippen LogP contribution in [0.1, 0.15) is 29.6 Å². The molecule has 0 bridgehead atoms. The average Bonchev–Trinajstić information content (AvgIpc) is 2.91. The van der Waals surface area contributed by atoms with E-state index in [2.05, 4.69) is 15.5 Å². The van der Waals surface area contributed by atoms with E-state index in [4.69, 9.17) is 0 Å². The number of anilines is 1. The second-order valence-corrected chi connectivity index (χ2v) is 5.51. The number of amides is 1. The zero-order valence-corrected chi connectivity index (χ0v) is 10.9. The highest BCUT2D eigenvalue weighted by atomic mass is 32.1. The average molecular weight is 262 g/mol. The number of hydrogen-bond donors (Lipinski definition) is 1. The van der Waals surface area contributed by atoms with Crippen LogP contribution >= 0.6 is 11.3 Å². The summed E-state index contributed by atoms with van der Waals surface area (Å²) in [4.78, 5) is 13.0. The van der Waals surface area contributed by atoms with Gasteiger partial charge < -0.3 is 0 Å². The monoisotopic (exact) mass is 262 g/mol. The second kappa shape index (κ2) is 4.53. The molecule has 1 aliphatic rings. The lowest BCUT2D eigenvalue weighted by molar-refractivity contribution is -0.115. The van der Waals surface area contributed by atoms with Crippen molar-refractivity contribution in [2.75, 3.05) is 5.32 Å². The second-order valence-electron chi connectivity index (χ2n) is 4.48. The Kier molecular flexibility index (Phi) is 2.87. The molecule has 0 saturated heterocycles. The molecule has 0 unspecified atom stereocenters. The highest BCUT2D eigenvalue weighted by molar-refractivity contribution is 7.10. The molecular formula is C12H14N4OS. The maximum Gasteiger partial charge on any atom is 0.231 e. The first-order valence-electron chi connectivity index (χ1n) is 5.98. The van der Waals surface area contributed by atoms with Crippen LogP contribution in [0.25, 0.3) is 0 Å². The van der Waals surface area contributed by atoms with Crippen molar-refractivity contribution >= 4 is 23.2 Å². The lowest BCUT2D eigenvalue weighted by atomic mass is 10.3. The van der Waals surface area contributed by atoms with Gasteiger partial charge in [-0.1, -0.05) is 6.07 Å². The summed E-state index contributed by atoms with van der Waals surface area (Å²) in [6.07, 6.45) is 2.69. The minimum atomic E-state index is -0.0354. The number of nitrogens with zero attached hydrogens (tertiary/aromatic N) is 3. The molecule has 6 heteroatoms. The van der Waals surface area contributed by atoms with Crippen molar-refractivity contribution in [1.29, 1.82) is 0 Å². The predicted octanol–water partition coefficient (Wildman–Crippen LogP) is 2.16. The Hall–Kier alpha value is -1.69. The van der Waals surface area contributed by atoms with Crippen molar-refractivity contribution in [2.45, 2.75) is 32.2 Å². The van der Waals surface area contributed by atoms with Crippen LogP contribution in [0.4, 0.5) is 5.95 Å². The molecule has 5 nitrogen and oxygen atoms in total. The van der Waals surface area contributed by atoms with Crippen molar-refractivity contribution in [3.8, 4) is 0 Å². The summed E-state index contributed by atoms with van der Waals surface area (Å²) in [6, 6.07) is 4.38. The number of aromatic nitrogens is 3. The number of aryl methyl sites for hydroxylation is 1. The van der Waals surface area contributed by atoms with Crippen molar-refractivity contribution in [3.63, 3.8) is 0 Å². The van der Waals surface area contributed by atoms with Crippen LogP contribution in [0.15, 0.2) is 17.5 Å². The van der Waals surface area contributed by atoms with Crippen LogP contribution in [-0.4, -0.2) is 20.7 Å². The van der Waals surface area contributed by atoms with Crippen molar-refractivity contribution in [2.24, 2.45) is 0 Å². The van der Waals surface area contributed by atoms with Crippen molar-refractivity contribution in [3.05, 3.63) is 28.2 Å². The summed E-state index contributed by atoms with van der Waals surface area (Å²) in [6.45, 7) is 1.92. The zero-order chi connectivity index (χ0) is 12.5. The molecule has 1 N–H and O–H groups in total. The van der Waals surface area contributed by atoms with Crippen LogP contribution in [-0.2, 0) is 11.2 Å². The molecule has 1 aliphatic carbocycles. The van der Waals surface area contributed by atoms with Gasteiger partial charge in [-0.3, -0.25) is 14.7 Å². The first-order valence-corrected chi connectivity index (χ1v) is 6.86. The van der Waals surface area contributed by atoms with Crippen LogP contribution in [0.5, 0.6) is 0 Å². The van der Waals surface area contributed by atoms with E-state index in [1.54, 1.807) is 11.3 Å². The van der Waals surface area contributed by atoms with Gasteiger partial charge in [-0.15, -0.1) is 21.5 Å². The highest BCUT2D eigenvalue weighted by Gasteiger charge is 2.28. The minimum Gasteiger partial charge on any atom is -0.294 e. The molecule has 0 aromatic carbocycles. The van der Waals surface area contributed by atoms with E-state index >= 15 is 0 Å². The maximum absolute atomic E-state index is 11.9. The van der Waals surface area contributed by atoms with Gasteiger partial charge in [0.1, 0.15) is 5.82 Å². The number of nitrogens with one attached hydrogen (secondary N) is 1. The summed E-state index contributed by atoms with van der Waals surface area (Å²) in [5, 5.41) is 12.9. The molecule has 1 amide bonds. The summed E-state index contributed by atoms with van der Waals surface area (Å²) in [7, 11) is 0. The summed E-state index contributed by atoms with van der Waals surface area (Å²) in [5.74, 6) is 1.41. The molecule has 0 spiro atoms. The van der Waals surface area contributed by atoms with Crippen LogP contribution in [0.2, 0.25) is 0 Å². The number of hydrogen-bond acceptors (Lipinski definition) is 4. The maximum atomic E-state index is 11.9.